The number of hydrogen-bond donors (Lipinski definition) is 2. The fourth-order valence-corrected chi connectivity index (χ4v) is 2.02. The molecule has 0 saturated heterocycles. The van der Waals surface area contributed by atoms with Crippen molar-refractivity contribution in [2.45, 2.75) is 32.9 Å². The average Bonchev–Trinajstić information content (AvgIpc) is 2.54. The lowest BCUT2D eigenvalue weighted by atomic mass is 10.2. The molecule has 1 rings (SSSR count). The van der Waals surface area contributed by atoms with Crippen LogP contribution in [0, 0.1) is 6.92 Å². The van der Waals surface area contributed by atoms with Crippen molar-refractivity contribution in [1.29, 1.82) is 0 Å². The third-order valence-electron chi connectivity index (χ3n) is 2.23. The standard InChI is InChI=1S/C10H17NOS/c1-3-9(7-12)11-6-10-8(2)4-5-13-10/h4-5,9,11-12H,3,6-7H2,1-2H3/t9-/m0/s1. The molecular weight excluding hydrogens is 182 g/mol. The maximum absolute atomic E-state index is 8.96. The molecule has 13 heavy (non-hydrogen) atoms. The Hall–Kier alpha value is -0.380. The maximum atomic E-state index is 8.96. The van der Waals surface area contributed by atoms with Crippen LogP contribution in [-0.2, 0) is 6.54 Å². The molecule has 0 aliphatic rings. The van der Waals surface area contributed by atoms with Gasteiger partial charge in [0, 0.05) is 17.5 Å². The van der Waals surface area contributed by atoms with Crippen LogP contribution in [0.15, 0.2) is 11.4 Å². The van der Waals surface area contributed by atoms with Gasteiger partial charge in [0.05, 0.1) is 6.61 Å². The van der Waals surface area contributed by atoms with Crippen molar-refractivity contribution in [3.8, 4) is 0 Å². The number of aliphatic hydroxyl groups is 1. The Bertz CT molecular complexity index is 243. The number of hydrogen-bond acceptors (Lipinski definition) is 3. The molecule has 0 aromatic carbocycles. The van der Waals surface area contributed by atoms with Crippen molar-refractivity contribution >= 4 is 11.3 Å². The molecule has 0 fully saturated rings. The SMILES string of the molecule is CC[C@@H](CO)NCc1sccc1C. The van der Waals surface area contributed by atoms with Gasteiger partial charge in [-0.25, -0.2) is 0 Å². The molecule has 0 aliphatic carbocycles. The summed E-state index contributed by atoms with van der Waals surface area (Å²) in [5.41, 5.74) is 1.34. The number of rotatable bonds is 5. The van der Waals surface area contributed by atoms with E-state index in [1.807, 2.05) is 0 Å². The number of aryl methyl sites for hydroxylation is 1. The van der Waals surface area contributed by atoms with Gasteiger partial charge >= 0.3 is 0 Å². The third kappa shape index (κ3) is 3.10. The Labute approximate surface area is 83.6 Å². The third-order valence-corrected chi connectivity index (χ3v) is 3.26. The summed E-state index contributed by atoms with van der Waals surface area (Å²) >= 11 is 1.77. The number of aliphatic hydroxyl groups excluding tert-OH is 1. The zero-order chi connectivity index (χ0) is 9.68. The van der Waals surface area contributed by atoms with Gasteiger partial charge in [0.2, 0.25) is 0 Å². The Kier molecular flexibility index (Phi) is 4.42. The van der Waals surface area contributed by atoms with E-state index in [1.54, 1.807) is 11.3 Å². The first-order valence-corrected chi connectivity index (χ1v) is 5.53. The van der Waals surface area contributed by atoms with Gasteiger partial charge in [0.15, 0.2) is 0 Å². The minimum Gasteiger partial charge on any atom is -0.395 e. The molecule has 1 atom stereocenters. The van der Waals surface area contributed by atoms with Crippen LogP contribution in [0.2, 0.25) is 0 Å². The largest absolute Gasteiger partial charge is 0.395 e. The van der Waals surface area contributed by atoms with Gasteiger partial charge < -0.3 is 10.4 Å². The van der Waals surface area contributed by atoms with Crippen LogP contribution in [0.25, 0.3) is 0 Å². The molecule has 1 aromatic heterocycles. The molecule has 0 amide bonds. The van der Waals surface area contributed by atoms with E-state index in [4.69, 9.17) is 5.11 Å². The molecule has 0 bridgehead atoms. The van der Waals surface area contributed by atoms with Crippen LogP contribution in [0.4, 0.5) is 0 Å². The van der Waals surface area contributed by atoms with Crippen LogP contribution in [0.1, 0.15) is 23.8 Å². The van der Waals surface area contributed by atoms with E-state index in [0.29, 0.717) is 0 Å². The van der Waals surface area contributed by atoms with E-state index < -0.39 is 0 Å². The van der Waals surface area contributed by atoms with Crippen molar-refractivity contribution in [1.82, 2.24) is 5.32 Å². The average molecular weight is 199 g/mol. The van der Waals surface area contributed by atoms with Crippen LogP contribution in [0.3, 0.4) is 0 Å². The van der Waals surface area contributed by atoms with Crippen LogP contribution < -0.4 is 5.32 Å². The highest BCUT2D eigenvalue weighted by atomic mass is 32.1. The molecule has 0 unspecified atom stereocenters. The van der Waals surface area contributed by atoms with Gasteiger partial charge in [-0.05, 0) is 30.4 Å². The van der Waals surface area contributed by atoms with Crippen molar-refractivity contribution < 1.29 is 5.11 Å². The first-order valence-electron chi connectivity index (χ1n) is 4.65. The van der Waals surface area contributed by atoms with E-state index in [9.17, 15) is 0 Å². The van der Waals surface area contributed by atoms with Gasteiger partial charge in [-0.15, -0.1) is 11.3 Å². The van der Waals surface area contributed by atoms with Gasteiger partial charge in [-0.2, -0.15) is 0 Å². The molecule has 1 heterocycles. The molecule has 3 heteroatoms. The molecule has 74 valence electrons. The Morgan fingerprint density at radius 2 is 2.38 bits per heavy atom. The summed E-state index contributed by atoms with van der Waals surface area (Å²) < 4.78 is 0. The summed E-state index contributed by atoms with van der Waals surface area (Å²) in [7, 11) is 0. The van der Waals surface area contributed by atoms with E-state index in [1.165, 1.54) is 10.4 Å². The Balaban J connectivity index is 2.38. The molecule has 0 aliphatic heterocycles. The van der Waals surface area contributed by atoms with E-state index in [0.717, 1.165) is 13.0 Å². The van der Waals surface area contributed by atoms with Gasteiger partial charge in [0.1, 0.15) is 0 Å². The molecular formula is C10H17NOS. The second kappa shape index (κ2) is 5.37. The smallest absolute Gasteiger partial charge is 0.0584 e. The van der Waals surface area contributed by atoms with E-state index in [-0.39, 0.29) is 12.6 Å². The minimum absolute atomic E-state index is 0.223. The van der Waals surface area contributed by atoms with E-state index >= 15 is 0 Å². The van der Waals surface area contributed by atoms with Gasteiger partial charge in [0.25, 0.3) is 0 Å². The topological polar surface area (TPSA) is 32.3 Å². The predicted molar refractivity (Wildman–Crippen MR) is 57.1 cm³/mol. The Morgan fingerprint density at radius 3 is 2.85 bits per heavy atom. The highest BCUT2D eigenvalue weighted by molar-refractivity contribution is 7.10. The zero-order valence-electron chi connectivity index (χ0n) is 8.21. The maximum Gasteiger partial charge on any atom is 0.0584 e. The molecule has 1 aromatic rings. The lowest BCUT2D eigenvalue weighted by Gasteiger charge is -2.13. The highest BCUT2D eigenvalue weighted by Crippen LogP contribution is 2.15. The quantitative estimate of drug-likeness (QED) is 0.759. The van der Waals surface area contributed by atoms with Crippen molar-refractivity contribution in [3.63, 3.8) is 0 Å². The van der Waals surface area contributed by atoms with Crippen LogP contribution >= 0.6 is 11.3 Å². The van der Waals surface area contributed by atoms with Crippen molar-refractivity contribution in [3.05, 3.63) is 21.9 Å². The second-order valence-corrected chi connectivity index (χ2v) is 4.20. The fraction of sp³-hybridized carbons (Fsp3) is 0.600. The van der Waals surface area contributed by atoms with Crippen molar-refractivity contribution in [2.75, 3.05) is 6.61 Å². The van der Waals surface area contributed by atoms with E-state index in [2.05, 4.69) is 30.6 Å². The summed E-state index contributed by atoms with van der Waals surface area (Å²) in [6, 6.07) is 2.36. The normalized spacial score (nSPS) is 13.2. The van der Waals surface area contributed by atoms with Crippen molar-refractivity contribution in [2.24, 2.45) is 0 Å². The predicted octanol–water partition coefficient (Wildman–Crippen LogP) is 1.92. The molecule has 0 saturated carbocycles. The number of thiophene rings is 1. The minimum atomic E-state index is 0.223. The summed E-state index contributed by atoms with van der Waals surface area (Å²) in [5.74, 6) is 0. The highest BCUT2D eigenvalue weighted by Gasteiger charge is 2.05. The molecule has 2 nitrogen and oxygen atoms in total. The fourth-order valence-electron chi connectivity index (χ4n) is 1.16. The first-order chi connectivity index (χ1) is 6.27. The lowest BCUT2D eigenvalue weighted by molar-refractivity contribution is 0.238. The van der Waals surface area contributed by atoms with Gasteiger partial charge in [-0.3, -0.25) is 0 Å². The summed E-state index contributed by atoms with van der Waals surface area (Å²) in [6.07, 6.45) is 0.973. The second-order valence-electron chi connectivity index (χ2n) is 3.20. The summed E-state index contributed by atoms with van der Waals surface area (Å²) in [5, 5.41) is 14.4. The summed E-state index contributed by atoms with van der Waals surface area (Å²) in [4.78, 5) is 1.37. The van der Waals surface area contributed by atoms with Crippen LogP contribution in [-0.4, -0.2) is 17.8 Å². The molecule has 0 spiro atoms. The molecule has 0 radical (unpaired) electrons. The summed E-state index contributed by atoms with van der Waals surface area (Å²) in [6.45, 7) is 5.30. The van der Waals surface area contributed by atoms with Gasteiger partial charge in [-0.1, -0.05) is 6.92 Å². The van der Waals surface area contributed by atoms with Crippen LogP contribution in [0.5, 0.6) is 0 Å². The molecule has 2 N–H and O–H groups in total. The first kappa shape index (κ1) is 10.7. The number of nitrogens with one attached hydrogen (secondary N) is 1. The lowest BCUT2D eigenvalue weighted by Crippen LogP contribution is -2.31. The Morgan fingerprint density at radius 1 is 1.62 bits per heavy atom. The monoisotopic (exact) mass is 199 g/mol. The zero-order valence-corrected chi connectivity index (χ0v) is 9.03.